The Morgan fingerprint density at radius 2 is 1.68 bits per heavy atom. The molecule has 1 amide bonds. The van der Waals surface area contributed by atoms with Crippen molar-refractivity contribution in [2.45, 2.75) is 52.2 Å². The molecule has 0 aliphatic rings. The van der Waals surface area contributed by atoms with Crippen molar-refractivity contribution in [1.29, 1.82) is 0 Å². The summed E-state index contributed by atoms with van der Waals surface area (Å²) in [5.74, 6) is -0.0859. The smallest absolute Gasteiger partial charge is 0.408 e. The van der Waals surface area contributed by atoms with E-state index in [0.717, 1.165) is 16.7 Å². The molecule has 0 saturated carbocycles. The quantitative estimate of drug-likeness (QED) is 0.407. The van der Waals surface area contributed by atoms with Gasteiger partial charge in [-0.2, -0.15) is 0 Å². The molecular formula is C23H22ClF4N3O3. The van der Waals surface area contributed by atoms with Crippen LogP contribution >= 0.6 is 11.6 Å². The van der Waals surface area contributed by atoms with Gasteiger partial charge in [-0.05, 0) is 58.0 Å². The molecule has 11 heteroatoms. The number of nitrogens with zero attached hydrogens (tertiary/aromatic N) is 2. The second-order valence-electron chi connectivity index (χ2n) is 8.57. The fraction of sp³-hybridized carbons (Fsp3) is 0.348. The molecule has 0 unspecified atom stereocenters. The third-order valence-electron chi connectivity index (χ3n) is 4.72. The van der Waals surface area contributed by atoms with E-state index in [2.05, 4.69) is 10.3 Å². The minimum atomic E-state index is -3.06. The van der Waals surface area contributed by atoms with Gasteiger partial charge in [-0.1, -0.05) is 17.7 Å². The third kappa shape index (κ3) is 5.49. The van der Waals surface area contributed by atoms with Crippen LogP contribution in [-0.4, -0.2) is 21.2 Å². The zero-order valence-corrected chi connectivity index (χ0v) is 19.5. The van der Waals surface area contributed by atoms with Gasteiger partial charge in [0.1, 0.15) is 11.4 Å². The molecule has 1 atom stereocenters. The molecule has 0 aliphatic heterocycles. The summed E-state index contributed by atoms with van der Waals surface area (Å²) in [6, 6.07) is 6.06. The summed E-state index contributed by atoms with van der Waals surface area (Å²) in [6.07, 6.45) is -6.95. The van der Waals surface area contributed by atoms with Crippen LogP contribution in [0.4, 0.5) is 22.4 Å². The third-order valence-corrected chi connectivity index (χ3v) is 5.03. The van der Waals surface area contributed by atoms with E-state index < -0.39 is 47.3 Å². The van der Waals surface area contributed by atoms with E-state index in [9.17, 15) is 27.2 Å². The molecule has 0 fully saturated rings. The maximum atomic E-state index is 13.5. The predicted molar refractivity (Wildman–Crippen MR) is 120 cm³/mol. The molecular weight excluding hydrogens is 478 g/mol. The normalized spacial score (nSPS) is 12.9. The highest BCUT2D eigenvalue weighted by molar-refractivity contribution is 6.35. The van der Waals surface area contributed by atoms with Crippen LogP contribution in [0.2, 0.25) is 5.02 Å². The van der Waals surface area contributed by atoms with Crippen LogP contribution in [0.15, 0.2) is 41.2 Å². The average molecular weight is 500 g/mol. The molecule has 0 saturated heterocycles. The SMILES string of the molecule is C[C@H](NC(=O)OC(C)(C)C)c1nc2cccc(Cl)c2c(=O)n1-c1cc(C(F)F)cc(C(F)F)c1. The molecule has 6 nitrogen and oxygen atoms in total. The van der Waals surface area contributed by atoms with Crippen LogP contribution in [0.25, 0.3) is 16.6 Å². The number of hydrogen-bond acceptors (Lipinski definition) is 4. The van der Waals surface area contributed by atoms with Gasteiger partial charge in [-0.3, -0.25) is 9.36 Å². The molecule has 0 spiro atoms. The van der Waals surface area contributed by atoms with Crippen molar-refractivity contribution in [3.8, 4) is 5.69 Å². The Morgan fingerprint density at radius 1 is 1.09 bits per heavy atom. The van der Waals surface area contributed by atoms with E-state index >= 15 is 0 Å². The Labute approximate surface area is 197 Å². The summed E-state index contributed by atoms with van der Waals surface area (Å²) in [5, 5.41) is 2.55. The topological polar surface area (TPSA) is 73.2 Å². The number of carbonyl (C=O) groups excluding carboxylic acids is 1. The lowest BCUT2D eigenvalue weighted by atomic mass is 10.1. The highest BCUT2D eigenvalue weighted by Crippen LogP contribution is 2.30. The summed E-state index contributed by atoms with van der Waals surface area (Å²) < 4.78 is 60.0. The van der Waals surface area contributed by atoms with Crippen LogP contribution in [0.5, 0.6) is 0 Å². The summed E-state index contributed by atoms with van der Waals surface area (Å²) in [7, 11) is 0. The number of alkyl carbamates (subject to hydrolysis) is 1. The Balaban J connectivity index is 2.28. The first kappa shape index (κ1) is 25.5. The standard InChI is InChI=1S/C23H22ClF4N3O3/c1-11(29-22(33)34-23(2,3)4)20-30-16-7-5-6-15(24)17(16)21(32)31(20)14-9-12(18(25)26)8-13(10-14)19(27)28/h5-11,18-19H,1-4H3,(H,29,33)/t11-/m0/s1. The number of nitrogens with one attached hydrogen (secondary N) is 1. The average Bonchev–Trinajstić information content (AvgIpc) is 2.71. The Morgan fingerprint density at radius 3 is 2.21 bits per heavy atom. The van der Waals surface area contributed by atoms with Crippen molar-refractivity contribution >= 4 is 28.6 Å². The molecule has 182 valence electrons. The lowest BCUT2D eigenvalue weighted by Gasteiger charge is -2.24. The molecule has 1 N–H and O–H groups in total. The molecule has 34 heavy (non-hydrogen) atoms. The summed E-state index contributed by atoms with van der Waals surface area (Å²) in [5.41, 5.74) is -3.06. The van der Waals surface area contributed by atoms with Gasteiger partial charge in [0.2, 0.25) is 0 Å². The molecule has 0 radical (unpaired) electrons. The van der Waals surface area contributed by atoms with Gasteiger partial charge in [0.25, 0.3) is 18.4 Å². The van der Waals surface area contributed by atoms with Gasteiger partial charge in [0.15, 0.2) is 0 Å². The monoisotopic (exact) mass is 499 g/mol. The molecule has 1 heterocycles. The number of ether oxygens (including phenoxy) is 1. The van der Waals surface area contributed by atoms with Crippen molar-refractivity contribution in [3.63, 3.8) is 0 Å². The number of rotatable bonds is 5. The number of benzene rings is 2. The predicted octanol–water partition coefficient (Wildman–Crippen LogP) is 6.50. The first-order valence-corrected chi connectivity index (χ1v) is 10.6. The molecule has 1 aromatic heterocycles. The lowest BCUT2D eigenvalue weighted by Crippen LogP contribution is -2.37. The van der Waals surface area contributed by atoms with Crippen LogP contribution in [-0.2, 0) is 4.74 Å². The number of alkyl halides is 4. The van der Waals surface area contributed by atoms with E-state index in [1.165, 1.54) is 19.1 Å². The second-order valence-corrected chi connectivity index (χ2v) is 8.98. The maximum absolute atomic E-state index is 13.5. The van der Waals surface area contributed by atoms with Crippen LogP contribution in [0, 0.1) is 0 Å². The Kier molecular flexibility index (Phi) is 7.21. The maximum Gasteiger partial charge on any atom is 0.408 e. The Bertz CT molecular complexity index is 1260. The van der Waals surface area contributed by atoms with E-state index in [1.807, 2.05) is 0 Å². The zero-order valence-electron chi connectivity index (χ0n) is 18.7. The van der Waals surface area contributed by atoms with Gasteiger partial charge >= 0.3 is 6.09 Å². The number of amides is 1. The van der Waals surface area contributed by atoms with Crippen molar-refractivity contribution in [3.05, 3.63) is 68.7 Å². The van der Waals surface area contributed by atoms with Crippen molar-refractivity contribution in [2.24, 2.45) is 0 Å². The summed E-state index contributed by atoms with van der Waals surface area (Å²) in [6.45, 7) is 6.46. The second kappa shape index (κ2) is 9.61. The largest absolute Gasteiger partial charge is 0.444 e. The molecule has 3 rings (SSSR count). The van der Waals surface area contributed by atoms with E-state index in [0.29, 0.717) is 6.07 Å². The van der Waals surface area contributed by atoms with Crippen LogP contribution < -0.4 is 10.9 Å². The van der Waals surface area contributed by atoms with E-state index in [1.54, 1.807) is 26.8 Å². The fourth-order valence-electron chi connectivity index (χ4n) is 3.34. The Hall–Kier alpha value is -3.14. The number of aromatic nitrogens is 2. The van der Waals surface area contributed by atoms with Crippen molar-refractivity contribution in [1.82, 2.24) is 14.9 Å². The van der Waals surface area contributed by atoms with E-state index in [4.69, 9.17) is 16.3 Å². The number of hydrogen-bond donors (Lipinski definition) is 1. The van der Waals surface area contributed by atoms with E-state index in [-0.39, 0.29) is 27.4 Å². The number of fused-ring (bicyclic) bond motifs is 1. The lowest BCUT2D eigenvalue weighted by molar-refractivity contribution is 0.0505. The first-order valence-electron chi connectivity index (χ1n) is 10.2. The highest BCUT2D eigenvalue weighted by atomic mass is 35.5. The molecule has 2 aromatic carbocycles. The highest BCUT2D eigenvalue weighted by Gasteiger charge is 2.25. The fourth-order valence-corrected chi connectivity index (χ4v) is 3.59. The molecule has 0 bridgehead atoms. The van der Waals surface area contributed by atoms with Crippen molar-refractivity contribution in [2.75, 3.05) is 0 Å². The van der Waals surface area contributed by atoms with Gasteiger partial charge in [0, 0.05) is 11.1 Å². The van der Waals surface area contributed by atoms with Gasteiger partial charge < -0.3 is 10.1 Å². The number of carbonyl (C=O) groups is 1. The number of halogens is 5. The van der Waals surface area contributed by atoms with Crippen molar-refractivity contribution < 1.29 is 27.1 Å². The van der Waals surface area contributed by atoms with Gasteiger partial charge in [-0.25, -0.2) is 27.3 Å². The van der Waals surface area contributed by atoms with Gasteiger partial charge in [-0.15, -0.1) is 0 Å². The minimum absolute atomic E-state index is 0.0292. The molecule has 0 aliphatic carbocycles. The minimum Gasteiger partial charge on any atom is -0.444 e. The first-order chi connectivity index (χ1) is 15.8. The summed E-state index contributed by atoms with van der Waals surface area (Å²) in [4.78, 5) is 30.2. The van der Waals surface area contributed by atoms with Crippen LogP contribution in [0.1, 0.15) is 63.5 Å². The van der Waals surface area contributed by atoms with Gasteiger partial charge in [0.05, 0.1) is 27.7 Å². The van der Waals surface area contributed by atoms with Crippen LogP contribution in [0.3, 0.4) is 0 Å². The zero-order chi connectivity index (χ0) is 25.4. The molecule has 3 aromatic rings. The summed E-state index contributed by atoms with van der Waals surface area (Å²) >= 11 is 6.19.